The molecule has 3 rings (SSSR count). The lowest BCUT2D eigenvalue weighted by Gasteiger charge is -2.08. The minimum atomic E-state index is -1.32. The molecule has 2 heterocycles. The Morgan fingerprint density at radius 1 is 1.32 bits per heavy atom. The summed E-state index contributed by atoms with van der Waals surface area (Å²) in [5.41, 5.74) is 0.183. The van der Waals surface area contributed by atoms with Gasteiger partial charge >= 0.3 is 5.97 Å². The van der Waals surface area contributed by atoms with E-state index in [0.29, 0.717) is 11.1 Å². The predicted molar refractivity (Wildman–Crippen MR) is 85.1 cm³/mol. The van der Waals surface area contributed by atoms with E-state index in [2.05, 4.69) is 15.4 Å². The van der Waals surface area contributed by atoms with Crippen molar-refractivity contribution < 1.29 is 19.1 Å². The molecule has 0 bridgehead atoms. The van der Waals surface area contributed by atoms with Gasteiger partial charge in [-0.2, -0.15) is 0 Å². The first-order valence-corrected chi connectivity index (χ1v) is 7.24. The van der Waals surface area contributed by atoms with Gasteiger partial charge in [0, 0.05) is 18.7 Å². The van der Waals surface area contributed by atoms with E-state index in [1.165, 1.54) is 12.1 Å². The van der Waals surface area contributed by atoms with E-state index in [4.69, 9.17) is 0 Å². The van der Waals surface area contributed by atoms with Crippen molar-refractivity contribution in [1.82, 2.24) is 19.9 Å². The van der Waals surface area contributed by atoms with Crippen LogP contribution in [0.25, 0.3) is 5.65 Å². The van der Waals surface area contributed by atoms with E-state index in [0.717, 1.165) is 16.6 Å². The summed E-state index contributed by atoms with van der Waals surface area (Å²) in [6.07, 6.45) is 0. The van der Waals surface area contributed by atoms with Crippen molar-refractivity contribution in [3.63, 3.8) is 0 Å². The summed E-state index contributed by atoms with van der Waals surface area (Å²) in [6, 6.07) is 6.59. The first-order chi connectivity index (χ1) is 11.8. The molecule has 0 fully saturated rings. The second-order valence-corrected chi connectivity index (χ2v) is 5.41. The predicted octanol–water partition coefficient (Wildman–Crippen LogP) is 1.10. The molecule has 128 valence electrons. The van der Waals surface area contributed by atoms with Gasteiger partial charge in [0.2, 0.25) is 0 Å². The van der Waals surface area contributed by atoms with Crippen LogP contribution in [-0.4, -0.2) is 31.6 Å². The first kappa shape index (κ1) is 16.4. The second-order valence-electron chi connectivity index (χ2n) is 5.41. The van der Waals surface area contributed by atoms with E-state index < -0.39 is 17.4 Å². The van der Waals surface area contributed by atoms with Crippen LogP contribution in [-0.2, 0) is 6.54 Å². The van der Waals surface area contributed by atoms with Gasteiger partial charge < -0.3 is 10.4 Å². The van der Waals surface area contributed by atoms with Crippen LogP contribution in [0.15, 0.2) is 35.1 Å². The molecule has 0 atom stereocenters. The number of carboxylic acid groups (broad SMARTS) is 1. The van der Waals surface area contributed by atoms with Crippen molar-refractivity contribution in [3.05, 3.63) is 69.0 Å². The summed E-state index contributed by atoms with van der Waals surface area (Å²) in [5, 5.41) is 14.1. The fourth-order valence-corrected chi connectivity index (χ4v) is 2.36. The van der Waals surface area contributed by atoms with Crippen molar-refractivity contribution in [2.24, 2.45) is 0 Å². The standard InChI is InChI=1S/C16H13FN4O4/c1-8-4-9(2-3-10(8)17)7-18-15(23)11-5-12(16(24)25)21-13(19-11)6-14(22)20-21/h2-6H,7H2,1H3,(H,18,23)(H,20,22)(H,24,25). The highest BCUT2D eigenvalue weighted by atomic mass is 19.1. The van der Waals surface area contributed by atoms with Crippen LogP contribution < -0.4 is 10.9 Å². The number of halogens is 1. The third-order valence-electron chi connectivity index (χ3n) is 3.59. The summed E-state index contributed by atoms with van der Waals surface area (Å²) >= 11 is 0. The number of aromatic amines is 1. The van der Waals surface area contributed by atoms with Crippen LogP contribution in [0.4, 0.5) is 4.39 Å². The number of rotatable bonds is 4. The monoisotopic (exact) mass is 344 g/mol. The van der Waals surface area contributed by atoms with Crippen LogP contribution in [0.2, 0.25) is 0 Å². The zero-order valence-electron chi connectivity index (χ0n) is 13.0. The molecule has 3 N–H and O–H groups in total. The van der Waals surface area contributed by atoms with Crippen LogP contribution in [0, 0.1) is 12.7 Å². The molecule has 3 aromatic rings. The number of H-pyrrole nitrogens is 1. The van der Waals surface area contributed by atoms with Crippen molar-refractivity contribution in [3.8, 4) is 0 Å². The molecule has 0 unspecified atom stereocenters. The molecule has 9 heteroatoms. The number of carboxylic acids is 1. The van der Waals surface area contributed by atoms with E-state index in [1.54, 1.807) is 13.0 Å². The van der Waals surface area contributed by atoms with Crippen LogP contribution in [0.3, 0.4) is 0 Å². The quantitative estimate of drug-likeness (QED) is 0.655. The number of amides is 1. The van der Waals surface area contributed by atoms with Gasteiger partial charge in [0.05, 0.1) is 0 Å². The molecule has 0 radical (unpaired) electrons. The number of hydrogen-bond acceptors (Lipinski definition) is 4. The smallest absolute Gasteiger partial charge is 0.354 e. The van der Waals surface area contributed by atoms with E-state index in [1.807, 2.05) is 0 Å². The van der Waals surface area contributed by atoms with Crippen LogP contribution >= 0.6 is 0 Å². The Balaban J connectivity index is 1.87. The number of aromatic nitrogens is 3. The largest absolute Gasteiger partial charge is 0.477 e. The molecule has 0 saturated heterocycles. The Kier molecular flexibility index (Phi) is 4.05. The van der Waals surface area contributed by atoms with Gasteiger partial charge in [0.15, 0.2) is 11.3 Å². The Morgan fingerprint density at radius 2 is 2.08 bits per heavy atom. The normalized spacial score (nSPS) is 10.8. The maximum Gasteiger partial charge on any atom is 0.354 e. The summed E-state index contributed by atoms with van der Waals surface area (Å²) < 4.78 is 14.2. The summed E-state index contributed by atoms with van der Waals surface area (Å²) in [4.78, 5) is 38.9. The van der Waals surface area contributed by atoms with Gasteiger partial charge in [-0.15, -0.1) is 0 Å². The summed E-state index contributed by atoms with van der Waals surface area (Å²) in [7, 11) is 0. The molecule has 0 aliphatic rings. The maximum atomic E-state index is 13.2. The van der Waals surface area contributed by atoms with Crippen molar-refractivity contribution in [2.45, 2.75) is 13.5 Å². The molecule has 0 spiro atoms. The molecule has 1 amide bonds. The fraction of sp³-hybridized carbons (Fsp3) is 0.125. The minimum absolute atomic E-state index is 0.0210. The Morgan fingerprint density at radius 3 is 2.76 bits per heavy atom. The highest BCUT2D eigenvalue weighted by Crippen LogP contribution is 2.10. The van der Waals surface area contributed by atoms with Gasteiger partial charge in [-0.25, -0.2) is 18.7 Å². The second kappa shape index (κ2) is 6.19. The zero-order valence-corrected chi connectivity index (χ0v) is 13.0. The Labute approximate surface area is 139 Å². The highest BCUT2D eigenvalue weighted by molar-refractivity contribution is 5.95. The van der Waals surface area contributed by atoms with Crippen LogP contribution in [0.1, 0.15) is 32.1 Å². The lowest BCUT2D eigenvalue weighted by molar-refractivity contribution is 0.0687. The number of nitrogens with zero attached hydrogens (tertiary/aromatic N) is 2. The third kappa shape index (κ3) is 3.25. The van der Waals surface area contributed by atoms with E-state index >= 15 is 0 Å². The molecule has 25 heavy (non-hydrogen) atoms. The molecule has 0 aliphatic heterocycles. The number of carbonyl (C=O) groups excluding carboxylic acids is 1. The number of carbonyl (C=O) groups is 2. The minimum Gasteiger partial charge on any atom is -0.477 e. The average Bonchev–Trinajstić information content (AvgIpc) is 2.94. The van der Waals surface area contributed by atoms with E-state index in [9.17, 15) is 23.9 Å². The number of nitrogens with one attached hydrogen (secondary N) is 2. The Hall–Kier alpha value is -3.49. The first-order valence-electron chi connectivity index (χ1n) is 7.24. The van der Waals surface area contributed by atoms with Gasteiger partial charge in [0.25, 0.3) is 11.5 Å². The summed E-state index contributed by atoms with van der Waals surface area (Å²) in [5.74, 6) is -2.27. The van der Waals surface area contributed by atoms with E-state index in [-0.39, 0.29) is 29.4 Å². The Bertz CT molecular complexity index is 1050. The molecular formula is C16H13FN4O4. The topological polar surface area (TPSA) is 117 Å². The number of hydrogen-bond donors (Lipinski definition) is 3. The van der Waals surface area contributed by atoms with Gasteiger partial charge in [-0.3, -0.25) is 14.7 Å². The van der Waals surface area contributed by atoms with Crippen LogP contribution in [0.5, 0.6) is 0 Å². The SMILES string of the molecule is Cc1cc(CNC(=O)c2cc(C(=O)O)n3[nH]c(=O)cc3n2)ccc1F. The number of benzene rings is 1. The third-order valence-corrected chi connectivity index (χ3v) is 3.59. The highest BCUT2D eigenvalue weighted by Gasteiger charge is 2.17. The van der Waals surface area contributed by atoms with Gasteiger partial charge in [-0.1, -0.05) is 12.1 Å². The molecule has 8 nitrogen and oxygen atoms in total. The number of fused-ring (bicyclic) bond motifs is 1. The van der Waals surface area contributed by atoms with Crippen molar-refractivity contribution in [2.75, 3.05) is 0 Å². The lowest BCUT2D eigenvalue weighted by atomic mass is 10.1. The summed E-state index contributed by atoms with van der Waals surface area (Å²) in [6.45, 7) is 1.73. The van der Waals surface area contributed by atoms with Crippen molar-refractivity contribution in [1.29, 1.82) is 0 Å². The van der Waals surface area contributed by atoms with Gasteiger partial charge in [-0.05, 0) is 24.1 Å². The lowest BCUT2D eigenvalue weighted by Crippen LogP contribution is -2.25. The number of aryl methyl sites for hydroxylation is 1. The number of aromatic carboxylic acids is 1. The molecule has 2 aromatic heterocycles. The average molecular weight is 344 g/mol. The molecule has 0 aliphatic carbocycles. The van der Waals surface area contributed by atoms with Crippen molar-refractivity contribution >= 4 is 17.5 Å². The molecule has 0 saturated carbocycles. The zero-order chi connectivity index (χ0) is 18.1. The van der Waals surface area contributed by atoms with Gasteiger partial charge in [0.1, 0.15) is 11.5 Å². The molecular weight excluding hydrogens is 331 g/mol. The maximum absolute atomic E-state index is 13.2. The molecule has 1 aromatic carbocycles. The fourth-order valence-electron chi connectivity index (χ4n) is 2.36.